The highest BCUT2D eigenvalue weighted by Crippen LogP contribution is 2.24. The molecule has 0 spiro atoms. The van der Waals surface area contributed by atoms with E-state index in [1.54, 1.807) is 47.5 Å². The third kappa shape index (κ3) is 3.39. The molecule has 1 aromatic carbocycles. The van der Waals surface area contributed by atoms with Crippen LogP contribution < -0.4 is 0 Å². The van der Waals surface area contributed by atoms with Crippen LogP contribution >= 0.6 is 0 Å². The summed E-state index contributed by atoms with van der Waals surface area (Å²) in [5, 5.41) is 8.03. The minimum atomic E-state index is -0.216. The van der Waals surface area contributed by atoms with Crippen LogP contribution in [0, 0.1) is 0 Å². The lowest BCUT2D eigenvalue weighted by Gasteiger charge is -2.24. The Kier molecular flexibility index (Phi) is 4.67. The van der Waals surface area contributed by atoms with Crippen molar-refractivity contribution < 1.29 is 9.32 Å². The van der Waals surface area contributed by atoms with Crippen molar-refractivity contribution in [3.8, 4) is 17.0 Å². The van der Waals surface area contributed by atoms with Crippen molar-refractivity contribution in [1.29, 1.82) is 0 Å². The molecule has 0 radical (unpaired) electrons. The molecule has 0 unspecified atom stereocenters. The van der Waals surface area contributed by atoms with Gasteiger partial charge in [-0.15, -0.1) is 0 Å². The SMILES string of the molecule is C[C@@H](c1ccc(-n2cncn2)cc1)N(C)C(=O)c1cc(-c2cccnc2)on1. The Hall–Kier alpha value is -3.81. The minimum absolute atomic E-state index is 0.143. The van der Waals surface area contributed by atoms with Gasteiger partial charge in [-0.05, 0) is 36.8 Å². The standard InChI is InChI=1S/C20H18N6O2/c1-14(15-5-7-17(8-6-15)26-13-22-12-23-26)25(2)20(27)18-10-19(28-24-18)16-4-3-9-21-11-16/h3-14H,1-2H3/t14-/m0/s1. The molecule has 0 saturated heterocycles. The second-order valence-electron chi connectivity index (χ2n) is 6.34. The number of pyridine rings is 1. The molecule has 28 heavy (non-hydrogen) atoms. The summed E-state index contributed by atoms with van der Waals surface area (Å²) in [7, 11) is 1.75. The first-order valence-electron chi connectivity index (χ1n) is 8.73. The van der Waals surface area contributed by atoms with Crippen molar-refractivity contribution in [1.82, 2.24) is 29.8 Å². The van der Waals surface area contributed by atoms with Crippen molar-refractivity contribution >= 4 is 5.91 Å². The van der Waals surface area contributed by atoms with E-state index in [0.29, 0.717) is 5.76 Å². The number of benzene rings is 1. The molecular weight excluding hydrogens is 356 g/mol. The molecular formula is C20H18N6O2. The van der Waals surface area contributed by atoms with Crippen molar-refractivity contribution in [2.75, 3.05) is 7.05 Å². The van der Waals surface area contributed by atoms with Gasteiger partial charge < -0.3 is 9.42 Å². The molecule has 1 atom stereocenters. The molecule has 8 nitrogen and oxygen atoms in total. The van der Waals surface area contributed by atoms with Crippen LogP contribution in [0.3, 0.4) is 0 Å². The fraction of sp³-hybridized carbons (Fsp3) is 0.150. The number of carbonyl (C=O) groups is 1. The van der Waals surface area contributed by atoms with Gasteiger partial charge in [-0.25, -0.2) is 9.67 Å². The smallest absolute Gasteiger partial charge is 0.276 e. The topological polar surface area (TPSA) is 89.9 Å². The first-order chi connectivity index (χ1) is 13.6. The Morgan fingerprint density at radius 3 is 2.68 bits per heavy atom. The molecule has 4 rings (SSSR count). The summed E-state index contributed by atoms with van der Waals surface area (Å²) in [5.74, 6) is 0.293. The number of amides is 1. The van der Waals surface area contributed by atoms with Gasteiger partial charge in [0.25, 0.3) is 5.91 Å². The van der Waals surface area contributed by atoms with Crippen LogP contribution in [0.1, 0.15) is 29.0 Å². The normalized spacial score (nSPS) is 11.9. The van der Waals surface area contributed by atoms with E-state index < -0.39 is 0 Å². The van der Waals surface area contributed by atoms with Crippen molar-refractivity contribution in [2.45, 2.75) is 13.0 Å². The van der Waals surface area contributed by atoms with Gasteiger partial charge >= 0.3 is 0 Å². The summed E-state index contributed by atoms with van der Waals surface area (Å²) in [5.41, 5.74) is 2.93. The Balaban J connectivity index is 1.50. The quantitative estimate of drug-likeness (QED) is 0.533. The van der Waals surface area contributed by atoms with Crippen LogP contribution in [0.2, 0.25) is 0 Å². The first-order valence-corrected chi connectivity index (χ1v) is 8.73. The third-order valence-electron chi connectivity index (χ3n) is 4.64. The number of rotatable bonds is 5. The summed E-state index contributed by atoms with van der Waals surface area (Å²) in [6, 6.07) is 13.0. The van der Waals surface area contributed by atoms with Crippen LogP contribution in [0.15, 0.2) is 72.0 Å². The number of carbonyl (C=O) groups excluding carboxylic acids is 1. The summed E-state index contributed by atoms with van der Waals surface area (Å²) < 4.78 is 6.99. The molecule has 0 saturated carbocycles. The van der Waals surface area contributed by atoms with Gasteiger partial charge in [0.05, 0.1) is 11.7 Å². The van der Waals surface area contributed by atoms with E-state index >= 15 is 0 Å². The highest BCUT2D eigenvalue weighted by Gasteiger charge is 2.22. The molecule has 0 aliphatic rings. The molecule has 0 fully saturated rings. The van der Waals surface area contributed by atoms with E-state index in [0.717, 1.165) is 16.8 Å². The zero-order valence-electron chi connectivity index (χ0n) is 15.4. The van der Waals surface area contributed by atoms with E-state index in [1.807, 2.05) is 37.3 Å². The molecule has 8 heteroatoms. The largest absolute Gasteiger partial charge is 0.355 e. The van der Waals surface area contributed by atoms with E-state index in [1.165, 1.54) is 6.33 Å². The Labute approximate surface area is 161 Å². The van der Waals surface area contributed by atoms with Crippen LogP contribution in [0.25, 0.3) is 17.0 Å². The number of hydrogen-bond acceptors (Lipinski definition) is 6. The molecule has 1 amide bonds. The minimum Gasteiger partial charge on any atom is -0.355 e. The monoisotopic (exact) mass is 374 g/mol. The van der Waals surface area contributed by atoms with Crippen LogP contribution in [0.5, 0.6) is 0 Å². The van der Waals surface area contributed by atoms with Gasteiger partial charge in [0.2, 0.25) is 0 Å². The zero-order valence-corrected chi connectivity index (χ0v) is 15.4. The maximum atomic E-state index is 12.8. The molecule has 140 valence electrons. The van der Waals surface area contributed by atoms with Crippen LogP contribution in [-0.2, 0) is 0 Å². The Bertz CT molecular complexity index is 1060. The molecule has 0 N–H and O–H groups in total. The summed E-state index contributed by atoms with van der Waals surface area (Å²) in [6.07, 6.45) is 6.46. The van der Waals surface area contributed by atoms with Gasteiger partial charge in [-0.3, -0.25) is 9.78 Å². The highest BCUT2D eigenvalue weighted by atomic mass is 16.5. The van der Waals surface area contributed by atoms with Crippen molar-refractivity contribution in [2.24, 2.45) is 0 Å². The average Bonchev–Trinajstić information content (AvgIpc) is 3.45. The van der Waals surface area contributed by atoms with E-state index in [9.17, 15) is 4.79 Å². The average molecular weight is 374 g/mol. The second-order valence-corrected chi connectivity index (χ2v) is 6.34. The van der Waals surface area contributed by atoms with Gasteiger partial charge in [0, 0.05) is 31.1 Å². The molecule has 0 aliphatic heterocycles. The predicted octanol–water partition coefficient (Wildman–Crippen LogP) is 3.15. The fourth-order valence-corrected chi connectivity index (χ4v) is 2.85. The van der Waals surface area contributed by atoms with Crippen molar-refractivity contribution in [3.05, 3.63) is 78.8 Å². The number of nitrogens with zero attached hydrogens (tertiary/aromatic N) is 6. The molecule has 0 bridgehead atoms. The lowest BCUT2D eigenvalue weighted by Crippen LogP contribution is -2.29. The van der Waals surface area contributed by atoms with Gasteiger partial charge in [0.15, 0.2) is 11.5 Å². The Morgan fingerprint density at radius 2 is 2.00 bits per heavy atom. The van der Waals surface area contributed by atoms with Crippen LogP contribution in [-0.4, -0.2) is 42.8 Å². The van der Waals surface area contributed by atoms with Gasteiger partial charge in [0.1, 0.15) is 12.7 Å². The maximum absolute atomic E-state index is 12.8. The maximum Gasteiger partial charge on any atom is 0.276 e. The number of hydrogen-bond donors (Lipinski definition) is 0. The second kappa shape index (κ2) is 7.43. The highest BCUT2D eigenvalue weighted by molar-refractivity contribution is 5.93. The molecule has 3 aromatic heterocycles. The summed E-state index contributed by atoms with van der Waals surface area (Å²) in [4.78, 5) is 22.5. The summed E-state index contributed by atoms with van der Waals surface area (Å²) in [6.45, 7) is 1.96. The fourth-order valence-electron chi connectivity index (χ4n) is 2.85. The first kappa shape index (κ1) is 17.6. The van der Waals surface area contributed by atoms with E-state index in [4.69, 9.17) is 4.52 Å². The van der Waals surface area contributed by atoms with Crippen molar-refractivity contribution in [3.63, 3.8) is 0 Å². The zero-order chi connectivity index (χ0) is 19.5. The van der Waals surface area contributed by atoms with Crippen LogP contribution in [0.4, 0.5) is 0 Å². The number of aromatic nitrogens is 5. The molecule has 0 aliphatic carbocycles. The Morgan fingerprint density at radius 1 is 1.18 bits per heavy atom. The lowest BCUT2D eigenvalue weighted by molar-refractivity contribution is 0.0732. The van der Waals surface area contributed by atoms with E-state index in [-0.39, 0.29) is 17.6 Å². The van der Waals surface area contributed by atoms with E-state index in [2.05, 4.69) is 20.2 Å². The third-order valence-corrected chi connectivity index (χ3v) is 4.64. The molecule has 3 heterocycles. The van der Waals surface area contributed by atoms with Gasteiger partial charge in [-0.2, -0.15) is 5.10 Å². The predicted molar refractivity (Wildman–Crippen MR) is 102 cm³/mol. The van der Waals surface area contributed by atoms with Gasteiger partial charge in [-0.1, -0.05) is 17.3 Å². The lowest BCUT2D eigenvalue weighted by atomic mass is 10.1. The molecule has 4 aromatic rings. The summed E-state index contributed by atoms with van der Waals surface area (Å²) >= 11 is 0.